The molecular formula is C21H17NO5S2. The summed E-state index contributed by atoms with van der Waals surface area (Å²) in [6, 6.07) is 18.0. The van der Waals surface area contributed by atoms with Crippen molar-refractivity contribution >= 4 is 27.1 Å². The summed E-state index contributed by atoms with van der Waals surface area (Å²) < 4.78 is 36.3. The molecule has 8 heteroatoms. The van der Waals surface area contributed by atoms with Crippen LogP contribution in [0.25, 0.3) is 0 Å². The Bertz CT molecular complexity index is 1140. The van der Waals surface area contributed by atoms with E-state index in [9.17, 15) is 13.2 Å². The van der Waals surface area contributed by atoms with Crippen molar-refractivity contribution in [3.8, 4) is 0 Å². The molecule has 0 bridgehead atoms. The maximum Gasteiger partial charge on any atom is 0.290 e. The molecule has 0 saturated heterocycles. The molecular weight excluding hydrogens is 410 g/mol. The highest BCUT2D eigenvalue weighted by Gasteiger charge is 2.26. The van der Waals surface area contributed by atoms with E-state index in [0.717, 1.165) is 4.88 Å². The number of hydrogen-bond donors (Lipinski definition) is 0. The van der Waals surface area contributed by atoms with Gasteiger partial charge in [-0.05, 0) is 47.8 Å². The number of benzene rings is 1. The van der Waals surface area contributed by atoms with Crippen LogP contribution >= 0.6 is 11.3 Å². The molecule has 0 atom stereocenters. The van der Waals surface area contributed by atoms with Crippen molar-refractivity contribution in [1.29, 1.82) is 0 Å². The minimum atomic E-state index is -3.83. The van der Waals surface area contributed by atoms with Gasteiger partial charge in [-0.15, -0.1) is 11.3 Å². The quantitative estimate of drug-likeness (QED) is 0.430. The molecule has 0 N–H and O–H groups in total. The predicted molar refractivity (Wildman–Crippen MR) is 107 cm³/mol. The molecule has 0 unspecified atom stereocenters. The van der Waals surface area contributed by atoms with Crippen molar-refractivity contribution in [2.24, 2.45) is 0 Å². The molecule has 0 spiro atoms. The number of carbonyl (C=O) groups excluding carboxylic acids is 1. The Morgan fingerprint density at radius 1 is 0.931 bits per heavy atom. The van der Waals surface area contributed by atoms with Gasteiger partial charge in [0.1, 0.15) is 5.76 Å². The minimum absolute atomic E-state index is 0.0392. The molecule has 1 aromatic carbocycles. The Hall–Kier alpha value is -3.10. The van der Waals surface area contributed by atoms with Gasteiger partial charge < -0.3 is 13.7 Å². The minimum Gasteiger partial charge on any atom is -0.467 e. The van der Waals surface area contributed by atoms with Crippen LogP contribution in [-0.4, -0.2) is 19.2 Å². The first-order valence-corrected chi connectivity index (χ1v) is 11.1. The fourth-order valence-electron chi connectivity index (χ4n) is 2.83. The van der Waals surface area contributed by atoms with Gasteiger partial charge in [0.15, 0.2) is 5.76 Å². The number of hydrogen-bond acceptors (Lipinski definition) is 6. The van der Waals surface area contributed by atoms with Crippen molar-refractivity contribution in [3.63, 3.8) is 0 Å². The second-order valence-electron chi connectivity index (χ2n) is 6.26. The molecule has 0 fully saturated rings. The molecule has 3 aromatic heterocycles. The van der Waals surface area contributed by atoms with Crippen molar-refractivity contribution in [1.82, 2.24) is 4.90 Å². The van der Waals surface area contributed by atoms with Gasteiger partial charge in [-0.25, -0.2) is 8.42 Å². The van der Waals surface area contributed by atoms with Crippen LogP contribution in [0.5, 0.6) is 0 Å². The van der Waals surface area contributed by atoms with E-state index in [-0.39, 0.29) is 22.3 Å². The predicted octanol–water partition coefficient (Wildman–Crippen LogP) is 4.61. The number of nitrogens with zero attached hydrogens (tertiary/aromatic N) is 1. The highest BCUT2D eigenvalue weighted by atomic mass is 32.2. The van der Waals surface area contributed by atoms with E-state index in [1.807, 2.05) is 17.5 Å². The first-order valence-electron chi connectivity index (χ1n) is 8.78. The fraction of sp³-hybridized carbons (Fsp3) is 0.0952. The Kier molecular flexibility index (Phi) is 5.37. The summed E-state index contributed by atoms with van der Waals surface area (Å²) in [5.41, 5.74) is 0. The van der Waals surface area contributed by atoms with Gasteiger partial charge in [-0.2, -0.15) is 0 Å². The van der Waals surface area contributed by atoms with Crippen LogP contribution in [0.1, 0.15) is 21.2 Å². The fourth-order valence-corrected chi connectivity index (χ4v) is 4.75. The Morgan fingerprint density at radius 3 is 2.45 bits per heavy atom. The van der Waals surface area contributed by atoms with E-state index in [4.69, 9.17) is 8.83 Å². The summed E-state index contributed by atoms with van der Waals surface area (Å²) >= 11 is 1.53. The number of thiophene rings is 1. The molecule has 1 amide bonds. The molecule has 0 aliphatic carbocycles. The van der Waals surface area contributed by atoms with Crippen LogP contribution in [0.2, 0.25) is 0 Å². The molecule has 29 heavy (non-hydrogen) atoms. The van der Waals surface area contributed by atoms with Crippen LogP contribution in [0.15, 0.2) is 97.2 Å². The smallest absolute Gasteiger partial charge is 0.290 e. The maximum atomic E-state index is 13.1. The molecule has 0 saturated carbocycles. The third-order valence-corrected chi connectivity index (χ3v) is 6.75. The number of furan rings is 2. The zero-order valence-corrected chi connectivity index (χ0v) is 16.9. The molecule has 3 heterocycles. The first kappa shape index (κ1) is 19.2. The Labute approximate surface area is 171 Å². The third kappa shape index (κ3) is 4.18. The summed E-state index contributed by atoms with van der Waals surface area (Å²) in [5, 5.41) is 1.67. The molecule has 4 aromatic rings. The molecule has 0 aliphatic rings. The monoisotopic (exact) mass is 427 g/mol. The lowest BCUT2D eigenvalue weighted by Gasteiger charge is -2.19. The van der Waals surface area contributed by atoms with E-state index in [0.29, 0.717) is 12.3 Å². The second-order valence-corrected chi connectivity index (χ2v) is 9.17. The van der Waals surface area contributed by atoms with E-state index in [2.05, 4.69) is 0 Å². The Balaban J connectivity index is 1.61. The standard InChI is InChI=1S/C21H17NO5S2/c23-21(22(14-16-6-4-12-26-16)15-17-7-5-13-28-17)19-10-11-20(27-19)29(24,25)18-8-2-1-3-9-18/h1-13H,14-15H2. The van der Waals surface area contributed by atoms with Crippen LogP contribution in [0, 0.1) is 0 Å². The third-order valence-electron chi connectivity index (χ3n) is 4.25. The van der Waals surface area contributed by atoms with Crippen molar-refractivity contribution in [2.45, 2.75) is 23.1 Å². The highest BCUT2D eigenvalue weighted by Crippen LogP contribution is 2.24. The largest absolute Gasteiger partial charge is 0.467 e. The first-order chi connectivity index (χ1) is 14.0. The normalized spacial score (nSPS) is 11.4. The average Bonchev–Trinajstić information content (AvgIpc) is 3.50. The van der Waals surface area contributed by atoms with Crippen LogP contribution in [0.3, 0.4) is 0 Å². The van der Waals surface area contributed by atoms with Gasteiger partial charge in [-0.3, -0.25) is 4.79 Å². The van der Waals surface area contributed by atoms with E-state index in [1.54, 1.807) is 41.5 Å². The average molecular weight is 428 g/mol. The van der Waals surface area contributed by atoms with Gasteiger partial charge in [0.25, 0.3) is 5.91 Å². The molecule has 6 nitrogen and oxygen atoms in total. The summed E-state index contributed by atoms with van der Waals surface area (Å²) in [6.07, 6.45) is 1.54. The van der Waals surface area contributed by atoms with Crippen molar-refractivity contribution in [2.75, 3.05) is 0 Å². The van der Waals surface area contributed by atoms with Crippen molar-refractivity contribution in [3.05, 3.63) is 94.8 Å². The lowest BCUT2D eigenvalue weighted by atomic mass is 10.3. The maximum absolute atomic E-state index is 13.1. The number of rotatable bonds is 7. The molecule has 0 aliphatic heterocycles. The van der Waals surface area contributed by atoms with Gasteiger partial charge in [0.2, 0.25) is 14.9 Å². The highest BCUT2D eigenvalue weighted by molar-refractivity contribution is 7.91. The zero-order valence-electron chi connectivity index (χ0n) is 15.2. The summed E-state index contributed by atoms with van der Waals surface area (Å²) in [4.78, 5) is 15.7. The second kappa shape index (κ2) is 8.10. The van der Waals surface area contributed by atoms with Gasteiger partial charge in [0, 0.05) is 4.88 Å². The van der Waals surface area contributed by atoms with Gasteiger partial charge >= 0.3 is 0 Å². The van der Waals surface area contributed by atoms with E-state index in [1.165, 1.54) is 35.6 Å². The molecule has 148 valence electrons. The van der Waals surface area contributed by atoms with E-state index < -0.39 is 15.7 Å². The topological polar surface area (TPSA) is 80.7 Å². The van der Waals surface area contributed by atoms with Crippen LogP contribution < -0.4 is 0 Å². The number of sulfone groups is 1. The van der Waals surface area contributed by atoms with Crippen molar-refractivity contribution < 1.29 is 22.0 Å². The van der Waals surface area contributed by atoms with Crippen LogP contribution in [-0.2, 0) is 22.9 Å². The zero-order chi connectivity index (χ0) is 20.3. The SMILES string of the molecule is O=C(c1ccc(S(=O)(=O)c2ccccc2)o1)N(Cc1ccco1)Cc1cccs1. The molecule has 4 rings (SSSR count). The summed E-state index contributed by atoms with van der Waals surface area (Å²) in [6.45, 7) is 0.601. The summed E-state index contributed by atoms with van der Waals surface area (Å²) in [7, 11) is -3.83. The summed E-state index contributed by atoms with van der Waals surface area (Å²) in [5.74, 6) is 0.172. The lowest BCUT2D eigenvalue weighted by Crippen LogP contribution is -2.29. The van der Waals surface area contributed by atoms with Gasteiger partial charge in [-0.1, -0.05) is 24.3 Å². The van der Waals surface area contributed by atoms with Crippen LogP contribution in [0.4, 0.5) is 0 Å². The number of amides is 1. The molecule has 0 radical (unpaired) electrons. The lowest BCUT2D eigenvalue weighted by molar-refractivity contribution is 0.0681. The number of carbonyl (C=O) groups is 1. The van der Waals surface area contributed by atoms with E-state index >= 15 is 0 Å². The Morgan fingerprint density at radius 2 is 1.76 bits per heavy atom. The van der Waals surface area contributed by atoms with Gasteiger partial charge in [0.05, 0.1) is 24.2 Å².